The Balaban J connectivity index is 1.87. The number of nitrogens with zero attached hydrogens (tertiary/aromatic N) is 1. The normalized spacial score (nSPS) is 19.3. The zero-order valence-corrected chi connectivity index (χ0v) is 10.6. The lowest BCUT2D eigenvalue weighted by Crippen LogP contribution is -2.28. The van der Waals surface area contributed by atoms with Crippen LogP contribution < -0.4 is 10.5 Å². The quantitative estimate of drug-likeness (QED) is 0.886. The summed E-state index contributed by atoms with van der Waals surface area (Å²) >= 11 is 0. The zero-order chi connectivity index (χ0) is 13.1. The first kappa shape index (κ1) is 12.0. The fourth-order valence-corrected chi connectivity index (χ4v) is 2.29. The van der Waals surface area contributed by atoms with Gasteiger partial charge in [0, 0.05) is 17.7 Å². The highest BCUT2D eigenvalue weighted by Gasteiger charge is 2.18. The van der Waals surface area contributed by atoms with Gasteiger partial charge in [-0.15, -0.1) is 0 Å². The molecule has 1 atom stereocenters. The van der Waals surface area contributed by atoms with Crippen LogP contribution in [0.25, 0.3) is 11.1 Å². The molecule has 1 unspecified atom stereocenters. The summed E-state index contributed by atoms with van der Waals surface area (Å²) in [6, 6.07) is 7.86. The van der Waals surface area contributed by atoms with E-state index in [1.165, 1.54) is 0 Å². The number of aromatic nitrogens is 2. The summed E-state index contributed by atoms with van der Waals surface area (Å²) in [6.07, 6.45) is 3.90. The van der Waals surface area contributed by atoms with Crippen molar-refractivity contribution in [3.8, 4) is 16.9 Å². The predicted octanol–water partition coefficient (Wildman–Crippen LogP) is 2.22. The molecule has 1 aromatic heterocycles. The zero-order valence-electron chi connectivity index (χ0n) is 10.6. The molecule has 3 N–H and O–H groups in total. The van der Waals surface area contributed by atoms with Crippen LogP contribution in [-0.4, -0.2) is 29.5 Å². The molecule has 0 saturated carbocycles. The number of H-pyrrole nitrogens is 1. The number of para-hydroxylation sites is 1. The molecule has 0 spiro atoms. The molecule has 5 nitrogen and oxygen atoms in total. The highest BCUT2D eigenvalue weighted by Crippen LogP contribution is 2.33. The van der Waals surface area contributed by atoms with Crippen molar-refractivity contribution in [1.29, 1.82) is 0 Å². The smallest absolute Gasteiger partial charge is 0.127 e. The molecule has 1 aliphatic heterocycles. The van der Waals surface area contributed by atoms with Crippen molar-refractivity contribution in [3.63, 3.8) is 0 Å². The van der Waals surface area contributed by atoms with E-state index in [0.29, 0.717) is 12.4 Å². The fourth-order valence-electron chi connectivity index (χ4n) is 2.29. The van der Waals surface area contributed by atoms with Crippen LogP contribution in [0.4, 0.5) is 5.82 Å². The van der Waals surface area contributed by atoms with Gasteiger partial charge in [0.2, 0.25) is 0 Å². The van der Waals surface area contributed by atoms with Crippen LogP contribution in [0.2, 0.25) is 0 Å². The molecule has 5 heteroatoms. The van der Waals surface area contributed by atoms with Gasteiger partial charge in [-0.25, -0.2) is 0 Å². The van der Waals surface area contributed by atoms with Crippen LogP contribution in [0.5, 0.6) is 5.75 Å². The van der Waals surface area contributed by atoms with Crippen LogP contribution in [0.15, 0.2) is 30.5 Å². The van der Waals surface area contributed by atoms with Crippen molar-refractivity contribution in [2.24, 2.45) is 0 Å². The van der Waals surface area contributed by atoms with E-state index in [9.17, 15) is 0 Å². The molecule has 0 bridgehead atoms. The van der Waals surface area contributed by atoms with Gasteiger partial charge in [-0.05, 0) is 18.9 Å². The molecule has 0 radical (unpaired) electrons. The van der Waals surface area contributed by atoms with E-state index < -0.39 is 0 Å². The van der Waals surface area contributed by atoms with Crippen LogP contribution >= 0.6 is 0 Å². The van der Waals surface area contributed by atoms with Crippen LogP contribution in [-0.2, 0) is 4.74 Å². The molecule has 0 aliphatic carbocycles. The molecular weight excluding hydrogens is 242 g/mol. The van der Waals surface area contributed by atoms with Gasteiger partial charge in [0.1, 0.15) is 17.7 Å². The second kappa shape index (κ2) is 5.32. The average Bonchev–Trinajstić information content (AvgIpc) is 2.87. The van der Waals surface area contributed by atoms with E-state index in [2.05, 4.69) is 10.2 Å². The molecule has 1 saturated heterocycles. The number of nitrogens with one attached hydrogen (secondary N) is 1. The van der Waals surface area contributed by atoms with E-state index in [4.69, 9.17) is 15.2 Å². The van der Waals surface area contributed by atoms with Gasteiger partial charge in [-0.3, -0.25) is 5.10 Å². The van der Waals surface area contributed by atoms with E-state index in [0.717, 1.165) is 36.3 Å². The molecule has 1 aliphatic rings. The number of nitrogens with two attached hydrogens (primary N) is 1. The van der Waals surface area contributed by atoms with Gasteiger partial charge in [-0.1, -0.05) is 18.2 Å². The maximum absolute atomic E-state index is 6.04. The van der Waals surface area contributed by atoms with Crippen LogP contribution in [0, 0.1) is 0 Å². The van der Waals surface area contributed by atoms with Crippen molar-refractivity contribution >= 4 is 5.82 Å². The van der Waals surface area contributed by atoms with Crippen molar-refractivity contribution in [2.45, 2.75) is 18.9 Å². The number of nitrogen functional groups attached to an aromatic ring is 1. The first-order valence-electron chi connectivity index (χ1n) is 6.47. The fraction of sp³-hybridized carbons (Fsp3) is 0.357. The maximum Gasteiger partial charge on any atom is 0.127 e. The number of aromatic amines is 1. The van der Waals surface area contributed by atoms with Gasteiger partial charge >= 0.3 is 0 Å². The van der Waals surface area contributed by atoms with E-state index in [-0.39, 0.29) is 6.10 Å². The number of anilines is 1. The minimum Gasteiger partial charge on any atom is -0.487 e. The third kappa shape index (κ3) is 2.56. The second-order valence-electron chi connectivity index (χ2n) is 4.65. The lowest BCUT2D eigenvalue weighted by Gasteiger charge is -2.24. The van der Waals surface area contributed by atoms with Crippen molar-refractivity contribution in [3.05, 3.63) is 30.5 Å². The summed E-state index contributed by atoms with van der Waals surface area (Å²) in [5, 5.41) is 6.70. The molecule has 19 heavy (non-hydrogen) atoms. The van der Waals surface area contributed by atoms with Crippen molar-refractivity contribution in [2.75, 3.05) is 18.9 Å². The number of benzene rings is 1. The summed E-state index contributed by atoms with van der Waals surface area (Å²) in [6.45, 7) is 1.48. The second-order valence-corrected chi connectivity index (χ2v) is 4.65. The number of hydrogen-bond acceptors (Lipinski definition) is 4. The topological polar surface area (TPSA) is 73.2 Å². The van der Waals surface area contributed by atoms with Crippen molar-refractivity contribution < 1.29 is 9.47 Å². The van der Waals surface area contributed by atoms with Gasteiger partial charge in [0.25, 0.3) is 0 Å². The van der Waals surface area contributed by atoms with Gasteiger partial charge in [-0.2, -0.15) is 5.10 Å². The summed E-state index contributed by atoms with van der Waals surface area (Å²) < 4.78 is 11.5. The standard InChI is InChI=1S/C14H17N3O2/c15-14-12(8-16-17-14)11-5-1-2-6-13(11)19-10-4-3-7-18-9-10/h1-2,5-6,8,10H,3-4,7,9H2,(H3,15,16,17). The molecule has 1 aromatic carbocycles. The Kier molecular flexibility index (Phi) is 3.37. The van der Waals surface area contributed by atoms with Gasteiger partial charge < -0.3 is 15.2 Å². The van der Waals surface area contributed by atoms with E-state index in [1.807, 2.05) is 24.3 Å². The molecule has 3 rings (SSSR count). The number of ether oxygens (including phenoxy) is 2. The first-order valence-corrected chi connectivity index (χ1v) is 6.47. The summed E-state index contributed by atoms with van der Waals surface area (Å²) in [5.41, 5.74) is 7.70. The van der Waals surface area contributed by atoms with Crippen molar-refractivity contribution in [1.82, 2.24) is 10.2 Å². The van der Waals surface area contributed by atoms with Crippen LogP contribution in [0.3, 0.4) is 0 Å². The Bertz CT molecular complexity index is 547. The third-order valence-corrected chi connectivity index (χ3v) is 3.26. The number of rotatable bonds is 3. The SMILES string of the molecule is Nc1[nH]ncc1-c1ccccc1OC1CCCOC1. The van der Waals surface area contributed by atoms with Gasteiger partial charge in [0.05, 0.1) is 12.8 Å². The third-order valence-electron chi connectivity index (χ3n) is 3.26. The molecule has 2 aromatic rings. The molecule has 2 heterocycles. The molecule has 0 amide bonds. The Morgan fingerprint density at radius 3 is 2.95 bits per heavy atom. The molecule has 1 fully saturated rings. The Labute approximate surface area is 111 Å². The van der Waals surface area contributed by atoms with E-state index in [1.54, 1.807) is 6.20 Å². The number of hydrogen-bond donors (Lipinski definition) is 2. The highest BCUT2D eigenvalue weighted by molar-refractivity contribution is 5.77. The summed E-state index contributed by atoms with van der Waals surface area (Å²) in [7, 11) is 0. The monoisotopic (exact) mass is 259 g/mol. The van der Waals surface area contributed by atoms with E-state index >= 15 is 0 Å². The maximum atomic E-state index is 6.04. The van der Waals surface area contributed by atoms with Gasteiger partial charge in [0.15, 0.2) is 0 Å². The largest absolute Gasteiger partial charge is 0.487 e. The lowest BCUT2D eigenvalue weighted by molar-refractivity contribution is 0.00768. The average molecular weight is 259 g/mol. The molecular formula is C14H17N3O2. The lowest BCUT2D eigenvalue weighted by atomic mass is 10.1. The molecule has 100 valence electrons. The first-order chi connectivity index (χ1) is 9.34. The predicted molar refractivity (Wildman–Crippen MR) is 72.9 cm³/mol. The minimum atomic E-state index is 0.114. The Morgan fingerprint density at radius 1 is 1.32 bits per heavy atom. The highest BCUT2D eigenvalue weighted by atomic mass is 16.5. The summed E-state index contributed by atoms with van der Waals surface area (Å²) in [5.74, 6) is 1.38. The Hall–Kier alpha value is -2.01. The summed E-state index contributed by atoms with van der Waals surface area (Å²) in [4.78, 5) is 0. The Morgan fingerprint density at radius 2 is 2.21 bits per heavy atom. The van der Waals surface area contributed by atoms with Crippen LogP contribution in [0.1, 0.15) is 12.8 Å². The minimum absolute atomic E-state index is 0.114.